The normalized spacial score (nSPS) is 19.2. The molecule has 102 valence electrons. The number of morpholine rings is 1. The third kappa shape index (κ3) is 2.54. The summed E-state index contributed by atoms with van der Waals surface area (Å²) in [7, 11) is 0. The molecule has 3 rings (SSSR count). The Morgan fingerprint density at radius 1 is 1.37 bits per heavy atom. The fourth-order valence-corrected chi connectivity index (χ4v) is 2.55. The van der Waals surface area contributed by atoms with Crippen LogP contribution < -0.4 is 5.43 Å². The molecule has 0 saturated carbocycles. The summed E-state index contributed by atoms with van der Waals surface area (Å²) in [5.41, 5.74) is 5.48. The van der Waals surface area contributed by atoms with E-state index in [1.165, 1.54) is 0 Å². The first kappa shape index (κ1) is 12.4. The van der Waals surface area contributed by atoms with Crippen LogP contribution in [-0.4, -0.2) is 47.4 Å². The number of nitrogens with one attached hydrogen (secondary N) is 1. The van der Waals surface area contributed by atoms with E-state index in [2.05, 4.69) is 10.4 Å². The number of hydrazine groups is 1. The second-order valence-electron chi connectivity index (χ2n) is 4.86. The van der Waals surface area contributed by atoms with Crippen LogP contribution in [0, 0.1) is 0 Å². The molecule has 1 saturated heterocycles. The molecule has 1 aromatic rings. The molecule has 1 aliphatic carbocycles. The van der Waals surface area contributed by atoms with Crippen molar-refractivity contribution in [2.45, 2.75) is 19.3 Å². The maximum Gasteiger partial charge on any atom is 0.339 e. The van der Waals surface area contributed by atoms with E-state index >= 15 is 0 Å². The van der Waals surface area contributed by atoms with Gasteiger partial charge in [-0.25, -0.2) is 14.8 Å². The van der Waals surface area contributed by atoms with Crippen molar-refractivity contribution in [2.24, 2.45) is 0 Å². The summed E-state index contributed by atoms with van der Waals surface area (Å²) in [4.78, 5) is 15.8. The number of pyridine rings is 1. The lowest BCUT2D eigenvalue weighted by atomic mass is 10.1. The predicted octanol–water partition coefficient (Wildman–Crippen LogP) is 0.928. The van der Waals surface area contributed by atoms with E-state index < -0.39 is 5.97 Å². The lowest BCUT2D eigenvalue weighted by Gasteiger charge is -2.28. The summed E-state index contributed by atoms with van der Waals surface area (Å²) in [5, 5.41) is 11.3. The second kappa shape index (κ2) is 5.14. The molecule has 2 N–H and O–H groups in total. The summed E-state index contributed by atoms with van der Waals surface area (Å²) in [6.45, 7) is 2.77. The van der Waals surface area contributed by atoms with Gasteiger partial charge in [-0.3, -0.25) is 0 Å². The van der Waals surface area contributed by atoms with Gasteiger partial charge in [0.15, 0.2) is 5.82 Å². The largest absolute Gasteiger partial charge is 0.478 e. The molecule has 0 atom stereocenters. The first-order chi connectivity index (χ1) is 9.24. The fraction of sp³-hybridized carbons (Fsp3) is 0.538. The number of carboxylic acid groups (broad SMARTS) is 1. The summed E-state index contributed by atoms with van der Waals surface area (Å²) in [6, 6.07) is 1.76. The Bertz CT molecular complexity index is 498. The molecule has 0 radical (unpaired) electrons. The van der Waals surface area contributed by atoms with E-state index in [1.54, 1.807) is 6.07 Å². The summed E-state index contributed by atoms with van der Waals surface area (Å²) >= 11 is 0. The van der Waals surface area contributed by atoms with E-state index in [-0.39, 0.29) is 5.56 Å². The molecule has 0 bridgehead atoms. The topological polar surface area (TPSA) is 74.7 Å². The van der Waals surface area contributed by atoms with Crippen LogP contribution in [0.15, 0.2) is 6.07 Å². The van der Waals surface area contributed by atoms with Crippen molar-refractivity contribution < 1.29 is 14.6 Å². The molecule has 1 aromatic heterocycles. The van der Waals surface area contributed by atoms with Crippen molar-refractivity contribution in [2.75, 3.05) is 31.7 Å². The smallest absolute Gasteiger partial charge is 0.339 e. The number of anilines is 1. The molecule has 6 heteroatoms. The van der Waals surface area contributed by atoms with Crippen LogP contribution in [0.2, 0.25) is 0 Å². The predicted molar refractivity (Wildman–Crippen MR) is 69.2 cm³/mol. The van der Waals surface area contributed by atoms with Gasteiger partial charge in [-0.15, -0.1) is 0 Å². The van der Waals surface area contributed by atoms with E-state index in [1.807, 2.05) is 5.01 Å². The van der Waals surface area contributed by atoms with Gasteiger partial charge in [0.05, 0.1) is 13.2 Å². The van der Waals surface area contributed by atoms with Gasteiger partial charge in [-0.1, -0.05) is 0 Å². The number of hydrogen-bond acceptors (Lipinski definition) is 5. The van der Waals surface area contributed by atoms with Gasteiger partial charge in [0, 0.05) is 18.8 Å². The maximum absolute atomic E-state index is 11.3. The Morgan fingerprint density at radius 2 is 2.16 bits per heavy atom. The van der Waals surface area contributed by atoms with Gasteiger partial charge in [0.25, 0.3) is 0 Å². The average molecular weight is 263 g/mol. The molecular formula is C13H17N3O3. The van der Waals surface area contributed by atoms with Crippen molar-refractivity contribution in [1.29, 1.82) is 0 Å². The number of fused-ring (bicyclic) bond motifs is 1. The minimum absolute atomic E-state index is 0.257. The summed E-state index contributed by atoms with van der Waals surface area (Å²) in [5.74, 6) is -0.479. The number of hydrogen-bond donors (Lipinski definition) is 2. The van der Waals surface area contributed by atoms with Crippen molar-refractivity contribution >= 4 is 11.8 Å². The van der Waals surface area contributed by atoms with Crippen LogP contribution in [0.5, 0.6) is 0 Å². The Hall–Kier alpha value is -1.66. The number of rotatable bonds is 3. The van der Waals surface area contributed by atoms with Gasteiger partial charge >= 0.3 is 5.97 Å². The lowest BCUT2D eigenvalue weighted by Crippen LogP contribution is -2.41. The Labute approximate surface area is 111 Å². The first-order valence-electron chi connectivity index (χ1n) is 6.59. The number of ether oxygens (including phenoxy) is 1. The van der Waals surface area contributed by atoms with Crippen LogP contribution in [0.1, 0.15) is 28.0 Å². The minimum atomic E-state index is -0.932. The van der Waals surface area contributed by atoms with Gasteiger partial charge in [0.1, 0.15) is 5.56 Å². The molecule has 0 aromatic carbocycles. The molecule has 0 unspecified atom stereocenters. The van der Waals surface area contributed by atoms with Crippen LogP contribution in [0.4, 0.5) is 5.82 Å². The standard InChI is InChI=1S/C13H17N3O3/c17-13(18)10-8-9-2-1-3-11(9)14-12(10)15-16-4-6-19-7-5-16/h8H,1-7H2,(H,14,15)(H,17,18). The average Bonchev–Trinajstić information content (AvgIpc) is 2.86. The van der Waals surface area contributed by atoms with Crippen LogP contribution >= 0.6 is 0 Å². The van der Waals surface area contributed by atoms with Crippen molar-refractivity contribution in [3.05, 3.63) is 22.9 Å². The molecule has 1 aliphatic heterocycles. The molecule has 0 amide bonds. The van der Waals surface area contributed by atoms with Gasteiger partial charge in [-0.05, 0) is 30.9 Å². The molecular weight excluding hydrogens is 246 g/mol. The lowest BCUT2D eigenvalue weighted by molar-refractivity contribution is 0.0493. The maximum atomic E-state index is 11.3. The third-order valence-corrected chi connectivity index (χ3v) is 3.56. The van der Waals surface area contributed by atoms with E-state index in [9.17, 15) is 9.90 Å². The van der Waals surface area contributed by atoms with Crippen molar-refractivity contribution in [3.8, 4) is 0 Å². The zero-order chi connectivity index (χ0) is 13.2. The van der Waals surface area contributed by atoms with E-state index in [4.69, 9.17) is 4.74 Å². The number of aromatic carboxylic acids is 1. The SMILES string of the molecule is O=C(O)c1cc2c(nc1NN1CCOCC1)CCC2. The highest BCUT2D eigenvalue weighted by Gasteiger charge is 2.21. The van der Waals surface area contributed by atoms with Gasteiger partial charge < -0.3 is 15.3 Å². The number of aromatic nitrogens is 1. The molecule has 6 nitrogen and oxygen atoms in total. The highest BCUT2D eigenvalue weighted by atomic mass is 16.5. The monoisotopic (exact) mass is 263 g/mol. The Morgan fingerprint density at radius 3 is 2.89 bits per heavy atom. The minimum Gasteiger partial charge on any atom is -0.478 e. The number of carbonyl (C=O) groups is 1. The second-order valence-corrected chi connectivity index (χ2v) is 4.86. The van der Waals surface area contributed by atoms with Gasteiger partial charge in [0.2, 0.25) is 0 Å². The zero-order valence-electron chi connectivity index (χ0n) is 10.7. The Balaban J connectivity index is 1.87. The number of aryl methyl sites for hydroxylation is 2. The van der Waals surface area contributed by atoms with E-state index in [0.717, 1.165) is 43.6 Å². The molecule has 0 spiro atoms. The highest BCUT2D eigenvalue weighted by Crippen LogP contribution is 2.25. The van der Waals surface area contributed by atoms with Crippen LogP contribution in [0.25, 0.3) is 0 Å². The number of carboxylic acids is 1. The van der Waals surface area contributed by atoms with Crippen molar-refractivity contribution in [1.82, 2.24) is 9.99 Å². The Kier molecular flexibility index (Phi) is 3.35. The number of nitrogens with zero attached hydrogens (tertiary/aromatic N) is 2. The van der Waals surface area contributed by atoms with Crippen molar-refractivity contribution in [3.63, 3.8) is 0 Å². The first-order valence-corrected chi connectivity index (χ1v) is 6.59. The summed E-state index contributed by atoms with van der Waals surface area (Å²) in [6.07, 6.45) is 2.93. The van der Waals surface area contributed by atoms with Crippen LogP contribution in [0.3, 0.4) is 0 Å². The summed E-state index contributed by atoms with van der Waals surface area (Å²) < 4.78 is 5.27. The third-order valence-electron chi connectivity index (χ3n) is 3.56. The zero-order valence-corrected chi connectivity index (χ0v) is 10.7. The molecule has 2 aliphatic rings. The molecule has 1 fully saturated rings. The van der Waals surface area contributed by atoms with E-state index in [0.29, 0.717) is 19.0 Å². The van der Waals surface area contributed by atoms with Crippen LogP contribution in [-0.2, 0) is 17.6 Å². The molecule has 19 heavy (non-hydrogen) atoms. The quantitative estimate of drug-likeness (QED) is 0.845. The highest BCUT2D eigenvalue weighted by molar-refractivity contribution is 5.93. The van der Waals surface area contributed by atoms with Gasteiger partial charge in [-0.2, -0.15) is 0 Å². The molecule has 2 heterocycles. The fourth-order valence-electron chi connectivity index (χ4n) is 2.55.